The lowest BCUT2D eigenvalue weighted by Gasteiger charge is -2.37. The molecule has 9 nitrogen and oxygen atoms in total. The average molecular weight is 573 g/mol. The molecule has 2 aliphatic heterocycles. The Balaban J connectivity index is 1.24. The van der Waals surface area contributed by atoms with E-state index < -0.39 is 9.84 Å². The molecule has 5 rings (SSSR count). The van der Waals surface area contributed by atoms with Crippen LogP contribution in [-0.2, 0) is 9.84 Å². The van der Waals surface area contributed by atoms with E-state index in [2.05, 4.69) is 16.3 Å². The number of nitriles is 1. The number of piperidine rings is 1. The second-order valence-electron chi connectivity index (χ2n) is 10.9. The van der Waals surface area contributed by atoms with Crippen LogP contribution in [0, 0.1) is 25.2 Å². The predicted molar refractivity (Wildman–Crippen MR) is 161 cm³/mol. The normalized spacial score (nSPS) is 16.4. The van der Waals surface area contributed by atoms with Gasteiger partial charge in [0.2, 0.25) is 0 Å². The maximum absolute atomic E-state index is 13.6. The molecule has 0 aliphatic carbocycles. The van der Waals surface area contributed by atoms with Crippen molar-refractivity contribution in [2.24, 2.45) is 0 Å². The van der Waals surface area contributed by atoms with Crippen molar-refractivity contribution in [2.75, 3.05) is 60.6 Å². The fraction of sp³-hybridized carbons (Fsp3) is 0.387. The van der Waals surface area contributed by atoms with Gasteiger partial charge >= 0.3 is 0 Å². The number of sulfone groups is 1. The number of benzene rings is 2. The highest BCUT2D eigenvalue weighted by Gasteiger charge is 2.28. The van der Waals surface area contributed by atoms with Gasteiger partial charge in [-0.3, -0.25) is 4.79 Å². The lowest BCUT2D eigenvalue weighted by atomic mass is 10.0. The van der Waals surface area contributed by atoms with Crippen molar-refractivity contribution in [3.05, 3.63) is 77.0 Å². The molecule has 0 spiro atoms. The summed E-state index contributed by atoms with van der Waals surface area (Å²) in [5.41, 5.74) is 4.64. The van der Waals surface area contributed by atoms with Crippen molar-refractivity contribution in [3.63, 3.8) is 0 Å². The van der Waals surface area contributed by atoms with Crippen LogP contribution >= 0.6 is 0 Å². The van der Waals surface area contributed by atoms with Gasteiger partial charge in [-0.05, 0) is 62.1 Å². The van der Waals surface area contributed by atoms with Gasteiger partial charge in [-0.1, -0.05) is 30.3 Å². The van der Waals surface area contributed by atoms with E-state index in [0.717, 1.165) is 48.6 Å². The molecule has 2 aromatic carbocycles. The van der Waals surface area contributed by atoms with Gasteiger partial charge in [-0.25, -0.2) is 13.4 Å². The van der Waals surface area contributed by atoms with Crippen LogP contribution in [0.2, 0.25) is 0 Å². The number of carbonyl (C=O) groups is 1. The maximum Gasteiger partial charge on any atom is 0.272 e. The minimum absolute atomic E-state index is 0.107. The monoisotopic (exact) mass is 572 g/mol. The SMILES string of the molecule is Cc1cc(C)c(C(=O)N2CCN(c3ccccc3S(C)(=O)=O)CC2)nc1NC1CCN(c2ccccc2C#N)CC1. The smallest absolute Gasteiger partial charge is 0.272 e. The number of para-hydroxylation sites is 2. The van der Waals surface area contributed by atoms with Crippen LogP contribution in [0.1, 0.15) is 40.0 Å². The molecule has 3 heterocycles. The fourth-order valence-electron chi connectivity index (χ4n) is 5.75. The summed E-state index contributed by atoms with van der Waals surface area (Å²) < 4.78 is 24.6. The van der Waals surface area contributed by atoms with E-state index in [4.69, 9.17) is 4.98 Å². The maximum atomic E-state index is 13.6. The number of amides is 1. The third kappa shape index (κ3) is 6.15. The third-order valence-corrected chi connectivity index (χ3v) is 9.12. The van der Waals surface area contributed by atoms with Crippen molar-refractivity contribution in [2.45, 2.75) is 37.6 Å². The number of hydrogen-bond acceptors (Lipinski definition) is 8. The van der Waals surface area contributed by atoms with Crippen LogP contribution in [0.15, 0.2) is 59.5 Å². The quantitative estimate of drug-likeness (QED) is 0.472. The topological polar surface area (TPSA) is 110 Å². The minimum Gasteiger partial charge on any atom is -0.370 e. The van der Waals surface area contributed by atoms with Crippen molar-refractivity contribution in [1.82, 2.24) is 9.88 Å². The summed E-state index contributed by atoms with van der Waals surface area (Å²) >= 11 is 0. The summed E-state index contributed by atoms with van der Waals surface area (Å²) in [6, 6.07) is 19.3. The Morgan fingerprint density at radius 1 is 0.902 bits per heavy atom. The number of carbonyl (C=O) groups excluding carboxylic acids is 1. The Bertz CT molecular complexity index is 1580. The highest BCUT2D eigenvalue weighted by molar-refractivity contribution is 7.90. The molecule has 2 aliphatic rings. The van der Waals surface area contributed by atoms with Crippen molar-refractivity contribution in [3.8, 4) is 6.07 Å². The third-order valence-electron chi connectivity index (χ3n) is 7.98. The lowest BCUT2D eigenvalue weighted by Crippen LogP contribution is -2.49. The number of hydrogen-bond donors (Lipinski definition) is 1. The number of nitrogens with zero attached hydrogens (tertiary/aromatic N) is 5. The summed E-state index contributed by atoms with van der Waals surface area (Å²) in [5.74, 6) is 0.625. The number of piperazine rings is 1. The molecule has 0 atom stereocenters. The molecule has 214 valence electrons. The van der Waals surface area contributed by atoms with Crippen LogP contribution in [0.3, 0.4) is 0 Å². The summed E-state index contributed by atoms with van der Waals surface area (Å²) in [6.45, 7) is 7.64. The molecule has 1 aromatic heterocycles. The largest absolute Gasteiger partial charge is 0.370 e. The predicted octanol–water partition coefficient (Wildman–Crippen LogP) is 4.02. The van der Waals surface area contributed by atoms with Crippen molar-refractivity contribution in [1.29, 1.82) is 5.26 Å². The molecule has 0 saturated carbocycles. The van der Waals surface area contributed by atoms with E-state index in [0.29, 0.717) is 48.0 Å². The summed E-state index contributed by atoms with van der Waals surface area (Å²) in [6.07, 6.45) is 3.02. The number of anilines is 3. The van der Waals surface area contributed by atoms with Crippen LogP contribution in [0.5, 0.6) is 0 Å². The Labute approximate surface area is 242 Å². The Morgan fingerprint density at radius 3 is 2.17 bits per heavy atom. The Kier molecular flexibility index (Phi) is 8.18. The molecule has 0 unspecified atom stereocenters. The Morgan fingerprint density at radius 2 is 1.51 bits per heavy atom. The van der Waals surface area contributed by atoms with Crippen LogP contribution in [0.4, 0.5) is 17.2 Å². The van der Waals surface area contributed by atoms with Crippen LogP contribution in [0.25, 0.3) is 0 Å². The van der Waals surface area contributed by atoms with Crippen LogP contribution in [-0.4, -0.2) is 75.8 Å². The van der Waals surface area contributed by atoms with E-state index in [1.807, 2.05) is 61.2 Å². The number of pyridine rings is 1. The van der Waals surface area contributed by atoms with Gasteiger partial charge in [0.1, 0.15) is 17.6 Å². The minimum atomic E-state index is -3.36. The van der Waals surface area contributed by atoms with E-state index in [-0.39, 0.29) is 11.9 Å². The number of rotatable bonds is 6. The molecule has 10 heteroatoms. The molecule has 1 amide bonds. The van der Waals surface area contributed by atoms with Gasteiger partial charge in [0.05, 0.1) is 21.8 Å². The molecule has 41 heavy (non-hydrogen) atoms. The summed E-state index contributed by atoms with van der Waals surface area (Å²) in [7, 11) is -3.36. The first kappa shape index (κ1) is 28.4. The zero-order valence-electron chi connectivity index (χ0n) is 23.8. The first-order chi connectivity index (χ1) is 19.7. The second-order valence-corrected chi connectivity index (χ2v) is 12.9. The first-order valence-corrected chi connectivity index (χ1v) is 15.9. The highest BCUT2D eigenvalue weighted by Crippen LogP contribution is 2.28. The van der Waals surface area contributed by atoms with Crippen molar-refractivity contribution < 1.29 is 13.2 Å². The van der Waals surface area contributed by atoms with Gasteiger partial charge < -0.3 is 20.0 Å². The van der Waals surface area contributed by atoms with E-state index in [9.17, 15) is 18.5 Å². The van der Waals surface area contributed by atoms with Crippen molar-refractivity contribution >= 4 is 32.9 Å². The summed E-state index contributed by atoms with van der Waals surface area (Å²) in [5, 5.41) is 13.1. The van der Waals surface area contributed by atoms with Gasteiger partial charge in [-0.2, -0.15) is 5.26 Å². The second kappa shape index (κ2) is 11.8. The fourth-order valence-corrected chi connectivity index (χ4v) is 6.65. The number of nitrogens with one attached hydrogen (secondary N) is 1. The zero-order chi connectivity index (χ0) is 29.1. The molecule has 0 radical (unpaired) electrons. The molecular formula is C31H36N6O3S. The average Bonchev–Trinajstić information content (AvgIpc) is 2.98. The molecule has 1 N–H and O–H groups in total. The lowest BCUT2D eigenvalue weighted by molar-refractivity contribution is 0.0740. The molecular weight excluding hydrogens is 536 g/mol. The standard InChI is InChI=1S/C31H36N6O3S/c1-22-20-23(2)30(33-25-12-14-35(15-13-25)26-9-5-4-8-24(26)21-32)34-29(22)31(38)37-18-16-36(17-19-37)27-10-6-7-11-28(27)41(3,39)40/h4-11,20,25H,12-19H2,1-3H3,(H,33,34). The molecule has 3 aromatic rings. The number of aryl methyl sites for hydroxylation is 2. The van der Waals surface area contributed by atoms with Gasteiger partial charge in [0.15, 0.2) is 9.84 Å². The molecule has 2 fully saturated rings. The molecule has 0 bridgehead atoms. The first-order valence-electron chi connectivity index (χ1n) is 14.0. The Hall–Kier alpha value is -4.10. The molecule has 2 saturated heterocycles. The van der Waals surface area contributed by atoms with E-state index in [1.165, 1.54) is 6.26 Å². The van der Waals surface area contributed by atoms with Crippen LogP contribution < -0.4 is 15.1 Å². The number of aromatic nitrogens is 1. The van der Waals surface area contributed by atoms with Gasteiger partial charge in [-0.15, -0.1) is 0 Å². The van der Waals surface area contributed by atoms with Gasteiger partial charge in [0, 0.05) is 51.6 Å². The van der Waals surface area contributed by atoms with E-state index >= 15 is 0 Å². The zero-order valence-corrected chi connectivity index (χ0v) is 24.6. The summed E-state index contributed by atoms with van der Waals surface area (Å²) in [4.78, 5) is 24.8. The van der Waals surface area contributed by atoms with Gasteiger partial charge in [0.25, 0.3) is 5.91 Å². The highest BCUT2D eigenvalue weighted by atomic mass is 32.2. The van der Waals surface area contributed by atoms with E-state index in [1.54, 1.807) is 17.0 Å².